The van der Waals surface area contributed by atoms with Gasteiger partial charge in [0.05, 0.1) is 6.10 Å². The summed E-state index contributed by atoms with van der Waals surface area (Å²) in [5.74, 6) is 0.620. The Morgan fingerprint density at radius 3 is 2.54 bits per heavy atom. The second-order valence-corrected chi connectivity index (χ2v) is 4.39. The second kappa shape index (κ2) is 4.09. The van der Waals surface area contributed by atoms with Crippen molar-refractivity contribution < 1.29 is 9.90 Å². The first kappa shape index (κ1) is 10.5. The minimum Gasteiger partial charge on any atom is -0.391 e. The lowest BCUT2D eigenvalue weighted by Crippen LogP contribution is -2.47. The van der Waals surface area contributed by atoms with E-state index in [-0.39, 0.29) is 17.9 Å². The Morgan fingerprint density at radius 2 is 2.08 bits per heavy atom. The molecule has 0 radical (unpaired) electrons. The molecule has 0 spiro atoms. The molecule has 1 saturated heterocycles. The van der Waals surface area contributed by atoms with Crippen molar-refractivity contribution in [2.45, 2.75) is 33.3 Å². The van der Waals surface area contributed by atoms with Gasteiger partial charge in [0, 0.05) is 19.0 Å². The number of amides is 1. The number of piperidine rings is 1. The monoisotopic (exact) mass is 185 g/mol. The van der Waals surface area contributed by atoms with Crippen molar-refractivity contribution in [1.29, 1.82) is 0 Å². The van der Waals surface area contributed by atoms with Gasteiger partial charge in [-0.15, -0.1) is 0 Å². The van der Waals surface area contributed by atoms with E-state index in [1.165, 1.54) is 0 Å². The van der Waals surface area contributed by atoms with Gasteiger partial charge in [0.1, 0.15) is 0 Å². The molecule has 3 nitrogen and oxygen atoms in total. The quantitative estimate of drug-likeness (QED) is 0.658. The molecule has 76 valence electrons. The van der Waals surface area contributed by atoms with Crippen molar-refractivity contribution in [3.63, 3.8) is 0 Å². The van der Waals surface area contributed by atoms with Crippen LogP contribution in [0.4, 0.5) is 0 Å². The van der Waals surface area contributed by atoms with Gasteiger partial charge < -0.3 is 10.0 Å². The molecule has 1 rings (SSSR count). The Bertz CT molecular complexity index is 181. The zero-order valence-corrected chi connectivity index (χ0v) is 8.66. The molecule has 13 heavy (non-hydrogen) atoms. The molecule has 1 aliphatic heterocycles. The molecule has 2 atom stereocenters. The summed E-state index contributed by atoms with van der Waals surface area (Å²) in [5.41, 5.74) is 0. The predicted octanol–water partition coefficient (Wildman–Crippen LogP) is 0.872. The zero-order valence-electron chi connectivity index (χ0n) is 8.66. The lowest BCUT2D eigenvalue weighted by Gasteiger charge is -2.35. The number of nitrogens with zero attached hydrogens (tertiary/aromatic N) is 1. The molecule has 0 aromatic rings. The van der Waals surface area contributed by atoms with Crippen LogP contribution in [0.25, 0.3) is 0 Å². The molecule has 1 heterocycles. The van der Waals surface area contributed by atoms with Gasteiger partial charge in [0.25, 0.3) is 0 Å². The Balaban J connectivity index is 2.55. The molecule has 1 N–H and O–H groups in total. The van der Waals surface area contributed by atoms with E-state index in [4.69, 9.17) is 0 Å². The molecule has 3 heteroatoms. The lowest BCUT2D eigenvalue weighted by molar-refractivity contribution is -0.138. The van der Waals surface area contributed by atoms with Crippen molar-refractivity contribution in [1.82, 2.24) is 4.90 Å². The summed E-state index contributed by atoms with van der Waals surface area (Å²) in [6, 6.07) is 0. The number of carbonyl (C=O) groups is 1. The Hall–Kier alpha value is -0.570. The maximum atomic E-state index is 11.6. The highest BCUT2D eigenvalue weighted by molar-refractivity contribution is 5.78. The summed E-state index contributed by atoms with van der Waals surface area (Å²) in [6.07, 6.45) is 0.494. The van der Waals surface area contributed by atoms with Gasteiger partial charge in [0.15, 0.2) is 0 Å². The minimum atomic E-state index is -0.327. The smallest absolute Gasteiger partial charge is 0.225 e. The predicted molar refractivity (Wildman–Crippen MR) is 51.2 cm³/mol. The topological polar surface area (TPSA) is 40.5 Å². The van der Waals surface area contributed by atoms with Crippen LogP contribution in [0.3, 0.4) is 0 Å². The van der Waals surface area contributed by atoms with Crippen LogP contribution in [-0.2, 0) is 4.79 Å². The third-order valence-electron chi connectivity index (χ3n) is 2.44. The highest BCUT2D eigenvalue weighted by Crippen LogP contribution is 2.17. The first-order valence-corrected chi connectivity index (χ1v) is 4.97. The SMILES string of the molecule is CC1CC(O)CN(C(=O)C(C)C)C1. The van der Waals surface area contributed by atoms with E-state index < -0.39 is 0 Å². The van der Waals surface area contributed by atoms with Gasteiger partial charge in [-0.3, -0.25) is 4.79 Å². The summed E-state index contributed by atoms with van der Waals surface area (Å²) in [6.45, 7) is 7.18. The maximum Gasteiger partial charge on any atom is 0.225 e. The van der Waals surface area contributed by atoms with E-state index in [1.54, 1.807) is 4.90 Å². The summed E-state index contributed by atoms with van der Waals surface area (Å²) >= 11 is 0. The summed E-state index contributed by atoms with van der Waals surface area (Å²) in [4.78, 5) is 13.4. The normalized spacial score (nSPS) is 29.5. The standard InChI is InChI=1S/C10H19NO2/c1-7(2)10(13)11-5-8(3)4-9(12)6-11/h7-9,12H,4-6H2,1-3H3. The van der Waals surface area contributed by atoms with Crippen LogP contribution in [0.2, 0.25) is 0 Å². The third-order valence-corrected chi connectivity index (χ3v) is 2.44. The molecule has 2 unspecified atom stereocenters. The average Bonchev–Trinajstić information content (AvgIpc) is 2.01. The highest BCUT2D eigenvalue weighted by atomic mass is 16.3. The van der Waals surface area contributed by atoms with E-state index in [9.17, 15) is 9.90 Å². The molecule has 0 aromatic carbocycles. The molecule has 0 aromatic heterocycles. The van der Waals surface area contributed by atoms with Crippen LogP contribution in [0.15, 0.2) is 0 Å². The van der Waals surface area contributed by atoms with Crippen LogP contribution in [-0.4, -0.2) is 35.1 Å². The molecular formula is C10H19NO2. The fraction of sp³-hybridized carbons (Fsp3) is 0.900. The third kappa shape index (κ3) is 2.69. The maximum absolute atomic E-state index is 11.6. The summed E-state index contributed by atoms with van der Waals surface area (Å²) in [7, 11) is 0. The van der Waals surface area contributed by atoms with Crippen molar-refractivity contribution in [2.75, 3.05) is 13.1 Å². The zero-order chi connectivity index (χ0) is 10.0. The first-order chi connectivity index (χ1) is 6.00. The van der Waals surface area contributed by atoms with Gasteiger partial charge in [-0.2, -0.15) is 0 Å². The molecule has 0 saturated carbocycles. The highest BCUT2D eigenvalue weighted by Gasteiger charge is 2.27. The van der Waals surface area contributed by atoms with Crippen molar-refractivity contribution in [3.05, 3.63) is 0 Å². The van der Waals surface area contributed by atoms with Gasteiger partial charge in [-0.1, -0.05) is 20.8 Å². The molecule has 1 aliphatic rings. The summed E-state index contributed by atoms with van der Waals surface area (Å²) < 4.78 is 0. The molecule has 1 fully saturated rings. The number of rotatable bonds is 1. The summed E-state index contributed by atoms with van der Waals surface area (Å²) in [5, 5.41) is 9.49. The number of hydrogen-bond donors (Lipinski definition) is 1. The fourth-order valence-corrected chi connectivity index (χ4v) is 1.86. The van der Waals surface area contributed by atoms with Crippen molar-refractivity contribution in [3.8, 4) is 0 Å². The average molecular weight is 185 g/mol. The number of β-amino-alcohol motifs (C(OH)–C–C–N with tert-alkyl or cyclic N) is 1. The van der Waals surface area contributed by atoms with Gasteiger partial charge in [0.2, 0.25) is 5.91 Å². The number of carbonyl (C=O) groups excluding carboxylic acids is 1. The number of aliphatic hydroxyl groups excluding tert-OH is 1. The molecule has 1 amide bonds. The van der Waals surface area contributed by atoms with E-state index in [0.29, 0.717) is 12.5 Å². The van der Waals surface area contributed by atoms with Gasteiger partial charge >= 0.3 is 0 Å². The minimum absolute atomic E-state index is 0.0394. The van der Waals surface area contributed by atoms with Gasteiger partial charge in [-0.25, -0.2) is 0 Å². The van der Waals surface area contributed by atoms with Crippen molar-refractivity contribution in [2.24, 2.45) is 11.8 Å². The largest absolute Gasteiger partial charge is 0.391 e. The van der Waals surface area contributed by atoms with Crippen LogP contribution < -0.4 is 0 Å². The number of aliphatic hydroxyl groups is 1. The fourth-order valence-electron chi connectivity index (χ4n) is 1.86. The molecule has 0 bridgehead atoms. The van der Waals surface area contributed by atoms with E-state index in [0.717, 1.165) is 13.0 Å². The van der Waals surface area contributed by atoms with Crippen LogP contribution in [0.5, 0.6) is 0 Å². The Morgan fingerprint density at radius 1 is 1.46 bits per heavy atom. The molecular weight excluding hydrogens is 166 g/mol. The van der Waals surface area contributed by atoms with E-state index in [1.807, 2.05) is 13.8 Å². The molecule has 0 aliphatic carbocycles. The van der Waals surface area contributed by atoms with Crippen molar-refractivity contribution >= 4 is 5.91 Å². The van der Waals surface area contributed by atoms with E-state index >= 15 is 0 Å². The van der Waals surface area contributed by atoms with E-state index in [2.05, 4.69) is 6.92 Å². The Labute approximate surface area is 79.7 Å². The number of hydrogen-bond acceptors (Lipinski definition) is 2. The lowest BCUT2D eigenvalue weighted by atomic mass is 9.97. The first-order valence-electron chi connectivity index (χ1n) is 4.97. The van der Waals surface area contributed by atoms with Crippen LogP contribution >= 0.6 is 0 Å². The Kier molecular flexibility index (Phi) is 3.31. The van der Waals surface area contributed by atoms with Gasteiger partial charge in [-0.05, 0) is 12.3 Å². The second-order valence-electron chi connectivity index (χ2n) is 4.39. The number of likely N-dealkylation sites (tertiary alicyclic amines) is 1. The van der Waals surface area contributed by atoms with Crippen LogP contribution in [0.1, 0.15) is 27.2 Å². The van der Waals surface area contributed by atoms with Crippen LogP contribution in [0, 0.1) is 11.8 Å².